The van der Waals surface area contributed by atoms with Crippen molar-refractivity contribution in [3.8, 4) is 5.69 Å². The third-order valence-corrected chi connectivity index (χ3v) is 4.88. The first kappa shape index (κ1) is 15.7. The van der Waals surface area contributed by atoms with Gasteiger partial charge in [0.05, 0.1) is 5.69 Å². The standard InChI is InChI=1S/C18H23N3O2/c1-13-19-10-11-21(13)16-9-4-3-6-14(16)12-20-17(22)18(2,23)15-7-5-8-15/h3-4,6,9-11,15,23H,5,7-8,12H2,1-2H3,(H,20,22). The lowest BCUT2D eigenvalue weighted by atomic mass is 9.73. The first-order valence-electron chi connectivity index (χ1n) is 8.09. The number of amides is 1. The van der Waals surface area contributed by atoms with Gasteiger partial charge in [-0.15, -0.1) is 0 Å². The molecule has 122 valence electrons. The summed E-state index contributed by atoms with van der Waals surface area (Å²) in [5.41, 5.74) is 0.704. The molecule has 1 atom stereocenters. The number of benzene rings is 1. The van der Waals surface area contributed by atoms with Crippen LogP contribution in [0.4, 0.5) is 0 Å². The molecule has 5 heteroatoms. The van der Waals surface area contributed by atoms with Gasteiger partial charge in [0.25, 0.3) is 5.91 Å². The monoisotopic (exact) mass is 313 g/mol. The third-order valence-electron chi connectivity index (χ3n) is 4.88. The molecule has 1 aromatic carbocycles. The molecule has 3 rings (SSSR count). The molecule has 2 aromatic rings. The van der Waals surface area contributed by atoms with E-state index in [1.807, 2.05) is 42.0 Å². The lowest BCUT2D eigenvalue weighted by Gasteiger charge is -2.37. The SMILES string of the molecule is Cc1nccn1-c1ccccc1CNC(=O)C(C)(O)C1CCC1. The number of carbonyl (C=O) groups is 1. The molecular weight excluding hydrogens is 290 g/mol. The fraction of sp³-hybridized carbons (Fsp3) is 0.444. The van der Waals surface area contributed by atoms with Crippen molar-refractivity contribution in [1.29, 1.82) is 0 Å². The van der Waals surface area contributed by atoms with Crippen LogP contribution in [0.25, 0.3) is 5.69 Å². The summed E-state index contributed by atoms with van der Waals surface area (Å²) in [6, 6.07) is 7.89. The van der Waals surface area contributed by atoms with Crippen LogP contribution in [0.5, 0.6) is 0 Å². The van der Waals surface area contributed by atoms with Crippen LogP contribution < -0.4 is 5.32 Å². The largest absolute Gasteiger partial charge is 0.380 e. The number of rotatable bonds is 5. The molecule has 1 heterocycles. The van der Waals surface area contributed by atoms with E-state index in [1.54, 1.807) is 13.1 Å². The van der Waals surface area contributed by atoms with E-state index in [4.69, 9.17) is 0 Å². The number of aromatic nitrogens is 2. The molecule has 0 radical (unpaired) electrons. The Bertz CT molecular complexity index is 702. The predicted octanol–water partition coefficient (Wildman–Crippen LogP) is 2.35. The van der Waals surface area contributed by atoms with Crippen molar-refractivity contribution >= 4 is 5.91 Å². The molecule has 1 amide bonds. The molecule has 5 nitrogen and oxygen atoms in total. The summed E-state index contributed by atoms with van der Waals surface area (Å²) in [7, 11) is 0. The van der Waals surface area contributed by atoms with Crippen LogP contribution in [-0.2, 0) is 11.3 Å². The van der Waals surface area contributed by atoms with Crippen LogP contribution in [0.15, 0.2) is 36.7 Å². The van der Waals surface area contributed by atoms with Crippen LogP contribution in [0, 0.1) is 12.8 Å². The highest BCUT2D eigenvalue weighted by Gasteiger charge is 2.42. The first-order valence-corrected chi connectivity index (χ1v) is 8.09. The molecule has 1 aromatic heterocycles. The van der Waals surface area contributed by atoms with E-state index in [9.17, 15) is 9.90 Å². The molecule has 0 aliphatic heterocycles. The van der Waals surface area contributed by atoms with Crippen molar-refractivity contribution in [2.75, 3.05) is 0 Å². The van der Waals surface area contributed by atoms with Crippen molar-refractivity contribution in [3.63, 3.8) is 0 Å². The Labute approximate surface area is 136 Å². The number of imidazole rings is 1. The van der Waals surface area contributed by atoms with Gasteiger partial charge in [-0.3, -0.25) is 4.79 Å². The summed E-state index contributed by atoms with van der Waals surface area (Å²) < 4.78 is 1.99. The Kier molecular flexibility index (Phi) is 4.22. The van der Waals surface area contributed by atoms with E-state index in [1.165, 1.54) is 0 Å². The Morgan fingerprint density at radius 2 is 2.17 bits per heavy atom. The smallest absolute Gasteiger partial charge is 0.252 e. The number of para-hydroxylation sites is 1. The van der Waals surface area contributed by atoms with E-state index in [2.05, 4.69) is 10.3 Å². The number of nitrogens with zero attached hydrogens (tertiary/aromatic N) is 2. The number of hydrogen-bond acceptors (Lipinski definition) is 3. The second kappa shape index (κ2) is 6.16. The van der Waals surface area contributed by atoms with Gasteiger partial charge in [-0.05, 0) is 44.2 Å². The molecule has 0 saturated heterocycles. The zero-order chi connectivity index (χ0) is 16.4. The highest BCUT2D eigenvalue weighted by molar-refractivity contribution is 5.85. The second-order valence-corrected chi connectivity index (χ2v) is 6.43. The van der Waals surface area contributed by atoms with E-state index < -0.39 is 5.60 Å². The molecule has 23 heavy (non-hydrogen) atoms. The fourth-order valence-corrected chi connectivity index (χ4v) is 3.04. The molecule has 1 aliphatic rings. The van der Waals surface area contributed by atoms with Crippen molar-refractivity contribution < 1.29 is 9.90 Å². The molecule has 1 unspecified atom stereocenters. The molecule has 1 aliphatic carbocycles. The van der Waals surface area contributed by atoms with Crippen molar-refractivity contribution in [2.45, 2.75) is 45.3 Å². The number of hydrogen-bond donors (Lipinski definition) is 2. The van der Waals surface area contributed by atoms with E-state index in [0.717, 1.165) is 36.3 Å². The fourth-order valence-electron chi connectivity index (χ4n) is 3.04. The van der Waals surface area contributed by atoms with Gasteiger partial charge in [-0.25, -0.2) is 4.98 Å². The van der Waals surface area contributed by atoms with E-state index in [-0.39, 0.29) is 11.8 Å². The lowest BCUT2D eigenvalue weighted by molar-refractivity contribution is -0.147. The normalized spacial score (nSPS) is 17.3. The van der Waals surface area contributed by atoms with Crippen molar-refractivity contribution in [3.05, 3.63) is 48.0 Å². The average molecular weight is 313 g/mol. The Morgan fingerprint density at radius 1 is 1.43 bits per heavy atom. The molecule has 1 saturated carbocycles. The Morgan fingerprint density at radius 3 is 2.78 bits per heavy atom. The van der Waals surface area contributed by atoms with Crippen LogP contribution in [0.3, 0.4) is 0 Å². The topological polar surface area (TPSA) is 67.2 Å². The highest BCUT2D eigenvalue weighted by Crippen LogP contribution is 2.36. The van der Waals surface area contributed by atoms with Crippen molar-refractivity contribution in [1.82, 2.24) is 14.9 Å². The minimum atomic E-state index is -1.28. The summed E-state index contributed by atoms with van der Waals surface area (Å²) in [6.07, 6.45) is 6.60. The number of carbonyl (C=O) groups excluding carboxylic acids is 1. The minimum Gasteiger partial charge on any atom is -0.380 e. The van der Waals surface area contributed by atoms with Crippen LogP contribution in [0.2, 0.25) is 0 Å². The summed E-state index contributed by atoms with van der Waals surface area (Å²) in [4.78, 5) is 16.6. The van der Waals surface area contributed by atoms with Gasteiger partial charge in [0.2, 0.25) is 0 Å². The maximum absolute atomic E-state index is 12.4. The summed E-state index contributed by atoms with van der Waals surface area (Å²) >= 11 is 0. The number of aryl methyl sites for hydroxylation is 1. The zero-order valence-electron chi connectivity index (χ0n) is 13.6. The van der Waals surface area contributed by atoms with E-state index >= 15 is 0 Å². The van der Waals surface area contributed by atoms with Gasteiger partial charge in [0.1, 0.15) is 11.4 Å². The molecule has 2 N–H and O–H groups in total. The summed E-state index contributed by atoms with van der Waals surface area (Å²) in [6.45, 7) is 3.95. The molecule has 1 fully saturated rings. The molecule has 0 spiro atoms. The van der Waals surface area contributed by atoms with Gasteiger partial charge in [-0.2, -0.15) is 0 Å². The molecular formula is C18H23N3O2. The minimum absolute atomic E-state index is 0.0774. The highest BCUT2D eigenvalue weighted by atomic mass is 16.3. The molecule has 0 bridgehead atoms. The lowest BCUT2D eigenvalue weighted by Crippen LogP contribution is -2.51. The predicted molar refractivity (Wildman–Crippen MR) is 88.1 cm³/mol. The van der Waals surface area contributed by atoms with Gasteiger partial charge in [0.15, 0.2) is 0 Å². The zero-order valence-corrected chi connectivity index (χ0v) is 13.6. The van der Waals surface area contributed by atoms with Crippen molar-refractivity contribution in [2.24, 2.45) is 5.92 Å². The number of nitrogens with one attached hydrogen (secondary N) is 1. The van der Waals surface area contributed by atoms with Crippen LogP contribution in [0.1, 0.15) is 37.6 Å². The third kappa shape index (κ3) is 3.01. The van der Waals surface area contributed by atoms with Gasteiger partial charge in [0, 0.05) is 18.9 Å². The van der Waals surface area contributed by atoms with Crippen LogP contribution >= 0.6 is 0 Å². The quantitative estimate of drug-likeness (QED) is 0.890. The Hall–Kier alpha value is -2.14. The summed E-state index contributed by atoms with van der Waals surface area (Å²) in [5.74, 6) is 0.679. The van der Waals surface area contributed by atoms with Gasteiger partial charge >= 0.3 is 0 Å². The maximum atomic E-state index is 12.4. The maximum Gasteiger partial charge on any atom is 0.252 e. The Balaban J connectivity index is 1.74. The average Bonchev–Trinajstić information content (AvgIpc) is 2.88. The van der Waals surface area contributed by atoms with Gasteiger partial charge in [-0.1, -0.05) is 24.6 Å². The number of aliphatic hydroxyl groups is 1. The summed E-state index contributed by atoms with van der Waals surface area (Å²) in [5, 5.41) is 13.3. The van der Waals surface area contributed by atoms with Gasteiger partial charge < -0.3 is 15.0 Å². The first-order chi connectivity index (χ1) is 11.0. The second-order valence-electron chi connectivity index (χ2n) is 6.43. The van der Waals surface area contributed by atoms with E-state index in [0.29, 0.717) is 6.54 Å². The van der Waals surface area contributed by atoms with Crippen LogP contribution in [-0.4, -0.2) is 26.2 Å².